The maximum absolute atomic E-state index is 11.4. The lowest BCUT2D eigenvalue weighted by Crippen LogP contribution is -2.25. The van der Waals surface area contributed by atoms with E-state index < -0.39 is 28.6 Å². The average molecular weight is 324 g/mol. The molecule has 0 heterocycles. The van der Waals surface area contributed by atoms with E-state index in [1.807, 2.05) is 0 Å². The van der Waals surface area contributed by atoms with Gasteiger partial charge in [0.1, 0.15) is 5.75 Å². The maximum Gasteiger partial charge on any atom is 0.269 e. The van der Waals surface area contributed by atoms with E-state index in [9.17, 15) is 8.42 Å². The van der Waals surface area contributed by atoms with Crippen molar-refractivity contribution in [1.29, 1.82) is 0 Å². The average Bonchev–Trinajstić information content (AvgIpc) is 2.44. The number of hydrogen-bond acceptors (Lipinski definition) is 5. The third-order valence-corrected chi connectivity index (χ3v) is 4.69. The Bertz CT molecular complexity index is 316. The molecule has 0 radical (unpaired) electrons. The smallest absolute Gasteiger partial charge is 0.269 e. The number of hydrogen-bond donors (Lipinski definition) is 2. The third kappa shape index (κ3) is 14.5. The van der Waals surface area contributed by atoms with Crippen molar-refractivity contribution in [3.63, 3.8) is 0 Å². The molecule has 21 heavy (non-hydrogen) atoms. The van der Waals surface area contributed by atoms with Crippen LogP contribution in [0.2, 0.25) is 0 Å². The minimum Gasteiger partial charge on any atom is -0.394 e. The Kier molecular flexibility index (Phi) is 13.4. The molecule has 0 aliphatic carbocycles. The lowest BCUT2D eigenvalue weighted by atomic mass is 10.1. The molecule has 0 aromatic rings. The molecule has 5 nitrogen and oxygen atoms in total. The lowest BCUT2D eigenvalue weighted by molar-refractivity contribution is 0.109. The minimum absolute atomic E-state index is 0.164. The predicted octanol–water partition coefficient (Wildman–Crippen LogP) is 2.61. The molecule has 0 rings (SSSR count). The van der Waals surface area contributed by atoms with E-state index in [-0.39, 0.29) is 6.61 Å². The molecule has 0 amide bonds. The van der Waals surface area contributed by atoms with Crippen LogP contribution in [-0.4, -0.2) is 43.7 Å². The van der Waals surface area contributed by atoms with E-state index in [1.165, 1.54) is 44.9 Å². The molecule has 0 aliphatic heterocycles. The highest BCUT2D eigenvalue weighted by atomic mass is 32.2. The molecule has 2 N–H and O–H groups in total. The number of rotatable bonds is 15. The summed E-state index contributed by atoms with van der Waals surface area (Å²) in [5, 5.41) is 17.6. The van der Waals surface area contributed by atoms with E-state index in [0.717, 1.165) is 12.8 Å². The summed E-state index contributed by atoms with van der Waals surface area (Å²) in [6, 6.07) is 0. The van der Waals surface area contributed by atoms with Crippen LogP contribution in [0.4, 0.5) is 0 Å². The third-order valence-electron chi connectivity index (χ3n) is 3.37. The largest absolute Gasteiger partial charge is 0.394 e. The van der Waals surface area contributed by atoms with Crippen molar-refractivity contribution in [3.8, 4) is 0 Å². The fourth-order valence-corrected chi connectivity index (χ4v) is 3.16. The highest BCUT2D eigenvalue weighted by Gasteiger charge is 2.16. The van der Waals surface area contributed by atoms with Crippen LogP contribution in [0.1, 0.15) is 71.1 Å². The zero-order valence-corrected chi connectivity index (χ0v) is 14.1. The van der Waals surface area contributed by atoms with Crippen LogP contribution in [0.15, 0.2) is 0 Å². The second-order valence-electron chi connectivity index (χ2n) is 5.56. The molecular formula is C15H32O5S. The zero-order chi connectivity index (χ0) is 16.0. The molecule has 0 bridgehead atoms. The van der Waals surface area contributed by atoms with Crippen molar-refractivity contribution in [1.82, 2.24) is 0 Å². The molecule has 1 unspecified atom stereocenters. The van der Waals surface area contributed by atoms with Gasteiger partial charge in [-0.3, -0.25) is 4.18 Å². The molecule has 0 aromatic carbocycles. The van der Waals surface area contributed by atoms with Gasteiger partial charge in [0.2, 0.25) is 0 Å². The molecular weight excluding hydrogens is 292 g/mol. The van der Waals surface area contributed by atoms with Crippen LogP contribution in [0.3, 0.4) is 0 Å². The van der Waals surface area contributed by atoms with E-state index in [1.54, 1.807) is 0 Å². The summed E-state index contributed by atoms with van der Waals surface area (Å²) in [6.07, 6.45) is 10.5. The second-order valence-corrected chi connectivity index (χ2v) is 7.25. The Balaban J connectivity index is 3.36. The lowest BCUT2D eigenvalue weighted by Gasteiger charge is -2.08. The van der Waals surface area contributed by atoms with Gasteiger partial charge < -0.3 is 10.2 Å². The quantitative estimate of drug-likeness (QED) is 0.357. The summed E-state index contributed by atoms with van der Waals surface area (Å²) in [6.45, 7) is 1.81. The van der Waals surface area contributed by atoms with Crippen LogP contribution in [0, 0.1) is 0 Å². The highest BCUT2D eigenvalue weighted by molar-refractivity contribution is 7.86. The van der Waals surface area contributed by atoms with Gasteiger partial charge in [-0.1, -0.05) is 64.7 Å². The standard InChI is InChI=1S/C15H32O5S/c1-2-3-4-5-6-7-8-9-10-11-12-20-21(18,19)14-15(17)13-16/h15-17H,2-14H2,1H3. The van der Waals surface area contributed by atoms with Crippen LogP contribution in [0.25, 0.3) is 0 Å². The maximum atomic E-state index is 11.4. The van der Waals surface area contributed by atoms with Gasteiger partial charge in [0.15, 0.2) is 0 Å². The van der Waals surface area contributed by atoms with Crippen LogP contribution >= 0.6 is 0 Å². The first kappa shape index (κ1) is 20.8. The first-order valence-corrected chi connectivity index (χ1v) is 9.75. The van der Waals surface area contributed by atoms with Crippen molar-refractivity contribution in [2.24, 2.45) is 0 Å². The summed E-state index contributed by atoms with van der Waals surface area (Å²) >= 11 is 0. The molecule has 0 aromatic heterocycles. The molecule has 1 atom stereocenters. The Morgan fingerprint density at radius 1 is 0.905 bits per heavy atom. The summed E-state index contributed by atoms with van der Waals surface area (Å²) in [5.74, 6) is -0.540. The van der Waals surface area contributed by atoms with Crippen molar-refractivity contribution < 1.29 is 22.8 Å². The fraction of sp³-hybridized carbons (Fsp3) is 1.00. The Hall–Kier alpha value is -0.170. The normalized spacial score (nSPS) is 13.5. The van der Waals surface area contributed by atoms with Gasteiger partial charge in [-0.2, -0.15) is 8.42 Å². The molecule has 0 saturated heterocycles. The summed E-state index contributed by atoms with van der Waals surface area (Å²) in [4.78, 5) is 0. The van der Waals surface area contributed by atoms with Gasteiger partial charge in [0.05, 0.1) is 19.3 Å². The Labute approximate surface area is 129 Å². The molecule has 6 heteroatoms. The van der Waals surface area contributed by atoms with Gasteiger partial charge in [0, 0.05) is 0 Å². The van der Waals surface area contributed by atoms with Gasteiger partial charge in [-0.05, 0) is 6.42 Å². The van der Waals surface area contributed by atoms with Crippen LogP contribution in [0.5, 0.6) is 0 Å². The van der Waals surface area contributed by atoms with Gasteiger partial charge in [-0.15, -0.1) is 0 Å². The van der Waals surface area contributed by atoms with Gasteiger partial charge >= 0.3 is 0 Å². The monoisotopic (exact) mass is 324 g/mol. The fourth-order valence-electron chi connectivity index (χ4n) is 2.11. The second kappa shape index (κ2) is 13.5. The van der Waals surface area contributed by atoms with E-state index in [4.69, 9.17) is 14.4 Å². The SMILES string of the molecule is CCCCCCCCCCCCOS(=O)(=O)CC(O)CO. The van der Waals surface area contributed by atoms with E-state index in [0.29, 0.717) is 6.42 Å². The zero-order valence-electron chi connectivity index (χ0n) is 13.3. The van der Waals surface area contributed by atoms with Crippen LogP contribution in [-0.2, 0) is 14.3 Å². The number of aliphatic hydroxyl groups excluding tert-OH is 2. The topological polar surface area (TPSA) is 83.8 Å². The van der Waals surface area contributed by atoms with Crippen LogP contribution < -0.4 is 0 Å². The first-order valence-electron chi connectivity index (χ1n) is 8.18. The predicted molar refractivity (Wildman–Crippen MR) is 84.7 cm³/mol. The first-order chi connectivity index (χ1) is 10.0. The van der Waals surface area contributed by atoms with Crippen molar-refractivity contribution in [2.75, 3.05) is 19.0 Å². The van der Waals surface area contributed by atoms with Crippen molar-refractivity contribution >= 4 is 10.1 Å². The molecule has 0 fully saturated rings. The van der Waals surface area contributed by atoms with Gasteiger partial charge in [0.25, 0.3) is 10.1 Å². The molecule has 0 saturated carbocycles. The molecule has 0 aliphatic rings. The highest BCUT2D eigenvalue weighted by Crippen LogP contribution is 2.10. The van der Waals surface area contributed by atoms with E-state index >= 15 is 0 Å². The van der Waals surface area contributed by atoms with Gasteiger partial charge in [-0.25, -0.2) is 0 Å². The molecule has 0 spiro atoms. The summed E-state index contributed by atoms with van der Waals surface area (Å²) in [7, 11) is -3.71. The Morgan fingerprint density at radius 3 is 1.86 bits per heavy atom. The van der Waals surface area contributed by atoms with Crippen molar-refractivity contribution in [2.45, 2.75) is 77.2 Å². The molecule has 128 valence electrons. The van der Waals surface area contributed by atoms with E-state index in [2.05, 4.69) is 6.92 Å². The minimum atomic E-state index is -3.71. The van der Waals surface area contributed by atoms with Crippen molar-refractivity contribution in [3.05, 3.63) is 0 Å². The number of aliphatic hydroxyl groups is 2. The summed E-state index contributed by atoms with van der Waals surface area (Å²) in [5.41, 5.74) is 0. The summed E-state index contributed by atoms with van der Waals surface area (Å²) < 4.78 is 27.5. The Morgan fingerprint density at radius 2 is 1.38 bits per heavy atom. The number of unbranched alkanes of at least 4 members (excludes halogenated alkanes) is 9.